The van der Waals surface area contributed by atoms with Crippen LogP contribution in [0.3, 0.4) is 0 Å². The number of isocyanates is 1. The predicted molar refractivity (Wildman–Crippen MR) is 43.2 cm³/mol. The molecular weight excluding hydrogens is 171 g/mol. The van der Waals surface area contributed by atoms with Crippen molar-refractivity contribution in [3.8, 4) is 0 Å². The van der Waals surface area contributed by atoms with E-state index in [9.17, 15) is 9.18 Å². The van der Waals surface area contributed by atoms with E-state index in [1.165, 1.54) is 12.1 Å². The summed E-state index contributed by atoms with van der Waals surface area (Å²) in [5.74, 6) is -0.380. The van der Waals surface area contributed by atoms with E-state index < -0.39 is 5.54 Å². The lowest BCUT2D eigenvalue weighted by Crippen LogP contribution is -2.04. The van der Waals surface area contributed by atoms with Gasteiger partial charge in [0.1, 0.15) is 11.4 Å². The maximum atomic E-state index is 12.5. The van der Waals surface area contributed by atoms with Crippen LogP contribution in [0.5, 0.6) is 0 Å². The molecule has 3 nitrogen and oxygen atoms in total. The molecule has 0 spiro atoms. The van der Waals surface area contributed by atoms with Crippen LogP contribution in [0.15, 0.2) is 23.3 Å². The summed E-state index contributed by atoms with van der Waals surface area (Å²) >= 11 is 0. The van der Waals surface area contributed by atoms with Crippen LogP contribution in [-0.4, -0.2) is 11.1 Å². The molecule has 0 aliphatic heterocycles. The van der Waals surface area contributed by atoms with Crippen molar-refractivity contribution < 1.29 is 9.18 Å². The minimum absolute atomic E-state index is 0.380. The number of halogens is 1. The summed E-state index contributed by atoms with van der Waals surface area (Å²) in [7, 11) is 0. The van der Waals surface area contributed by atoms with Crippen LogP contribution in [0.25, 0.3) is 0 Å². The van der Waals surface area contributed by atoms with Gasteiger partial charge in [-0.2, -0.15) is 4.99 Å². The standard InChI is InChI=1S/C9H7FN2O/c10-7-1-2-8(11-5-7)9(3-4-9)12-6-13/h1-2,5H,3-4H2. The molecule has 1 heterocycles. The highest BCUT2D eigenvalue weighted by atomic mass is 19.1. The molecule has 4 heteroatoms. The molecule has 0 bridgehead atoms. The van der Waals surface area contributed by atoms with Gasteiger partial charge in [0.25, 0.3) is 0 Å². The Morgan fingerprint density at radius 1 is 1.54 bits per heavy atom. The normalized spacial score (nSPS) is 17.6. The van der Waals surface area contributed by atoms with E-state index in [0.717, 1.165) is 19.0 Å². The molecular formula is C9H7FN2O. The maximum Gasteiger partial charge on any atom is 0.235 e. The van der Waals surface area contributed by atoms with Gasteiger partial charge in [0.2, 0.25) is 6.08 Å². The molecule has 1 fully saturated rings. The first-order valence-electron chi connectivity index (χ1n) is 3.98. The van der Waals surface area contributed by atoms with Crippen molar-refractivity contribution in [2.75, 3.05) is 0 Å². The fourth-order valence-electron chi connectivity index (χ4n) is 1.28. The fraction of sp³-hybridized carbons (Fsp3) is 0.333. The monoisotopic (exact) mass is 178 g/mol. The third-order valence-electron chi connectivity index (χ3n) is 2.19. The molecule has 1 aliphatic rings. The van der Waals surface area contributed by atoms with Crippen LogP contribution in [0, 0.1) is 5.82 Å². The van der Waals surface area contributed by atoms with Crippen molar-refractivity contribution in [3.63, 3.8) is 0 Å². The Morgan fingerprint density at radius 3 is 2.77 bits per heavy atom. The lowest BCUT2D eigenvalue weighted by Gasteiger charge is -2.05. The largest absolute Gasteiger partial charge is 0.256 e. The Balaban J connectivity index is 2.35. The Labute approximate surface area is 74.3 Å². The van der Waals surface area contributed by atoms with Crippen molar-refractivity contribution in [2.45, 2.75) is 18.4 Å². The van der Waals surface area contributed by atoms with E-state index in [2.05, 4.69) is 9.98 Å². The van der Waals surface area contributed by atoms with Gasteiger partial charge in [0.15, 0.2) is 0 Å². The average Bonchev–Trinajstić information content (AvgIpc) is 2.87. The number of rotatable bonds is 2. The predicted octanol–water partition coefficient (Wildman–Crippen LogP) is 1.55. The molecule has 1 aromatic heterocycles. The summed E-state index contributed by atoms with van der Waals surface area (Å²) in [5.41, 5.74) is 0.160. The maximum absolute atomic E-state index is 12.5. The second kappa shape index (κ2) is 2.75. The third kappa shape index (κ3) is 1.36. The second-order valence-corrected chi connectivity index (χ2v) is 3.10. The molecule has 13 heavy (non-hydrogen) atoms. The highest BCUT2D eigenvalue weighted by Gasteiger charge is 2.46. The van der Waals surface area contributed by atoms with Crippen LogP contribution in [0.1, 0.15) is 18.5 Å². The third-order valence-corrected chi connectivity index (χ3v) is 2.19. The van der Waals surface area contributed by atoms with E-state index in [1.54, 1.807) is 6.07 Å². The molecule has 1 aliphatic carbocycles. The molecule has 1 saturated carbocycles. The first-order valence-corrected chi connectivity index (χ1v) is 3.98. The quantitative estimate of drug-likeness (QED) is 0.509. The van der Waals surface area contributed by atoms with Gasteiger partial charge in [-0.15, -0.1) is 0 Å². The summed E-state index contributed by atoms with van der Waals surface area (Å²) in [6, 6.07) is 2.88. The number of hydrogen-bond acceptors (Lipinski definition) is 3. The molecule has 0 atom stereocenters. The molecule has 0 aromatic carbocycles. The van der Waals surface area contributed by atoms with Crippen molar-refractivity contribution >= 4 is 6.08 Å². The molecule has 2 rings (SSSR count). The first kappa shape index (κ1) is 8.08. The minimum atomic E-state index is -0.491. The summed E-state index contributed by atoms with van der Waals surface area (Å²) in [4.78, 5) is 17.7. The van der Waals surface area contributed by atoms with Crippen LogP contribution in [-0.2, 0) is 10.3 Å². The van der Waals surface area contributed by atoms with E-state index in [-0.39, 0.29) is 5.82 Å². The van der Waals surface area contributed by atoms with Gasteiger partial charge in [-0.05, 0) is 25.0 Å². The number of hydrogen-bond donors (Lipinski definition) is 0. The lowest BCUT2D eigenvalue weighted by molar-refractivity contribution is 0.554. The van der Waals surface area contributed by atoms with Gasteiger partial charge in [-0.25, -0.2) is 9.18 Å². The molecule has 1 aromatic rings. The van der Waals surface area contributed by atoms with Crippen molar-refractivity contribution in [2.24, 2.45) is 4.99 Å². The van der Waals surface area contributed by atoms with Gasteiger partial charge < -0.3 is 0 Å². The lowest BCUT2D eigenvalue weighted by atomic mass is 10.2. The Kier molecular flexibility index (Phi) is 1.71. The van der Waals surface area contributed by atoms with E-state index in [4.69, 9.17) is 0 Å². The molecule has 0 unspecified atom stereocenters. The molecule has 0 saturated heterocycles. The number of carbonyl (C=O) groups excluding carboxylic acids is 1. The van der Waals surface area contributed by atoms with Crippen LogP contribution in [0.4, 0.5) is 4.39 Å². The highest BCUT2D eigenvalue weighted by Crippen LogP contribution is 2.48. The van der Waals surface area contributed by atoms with Crippen LogP contribution in [0.2, 0.25) is 0 Å². The fourth-order valence-corrected chi connectivity index (χ4v) is 1.28. The smallest absolute Gasteiger partial charge is 0.235 e. The zero-order valence-corrected chi connectivity index (χ0v) is 6.83. The Morgan fingerprint density at radius 2 is 2.31 bits per heavy atom. The van der Waals surface area contributed by atoms with Gasteiger partial charge in [0, 0.05) is 0 Å². The van der Waals surface area contributed by atoms with Gasteiger partial charge in [-0.1, -0.05) is 0 Å². The molecule has 66 valence electrons. The van der Waals surface area contributed by atoms with Gasteiger partial charge >= 0.3 is 0 Å². The zero-order chi connectivity index (χ0) is 9.31. The summed E-state index contributed by atoms with van der Waals surface area (Å²) in [5, 5.41) is 0. The topological polar surface area (TPSA) is 42.3 Å². The Bertz CT molecular complexity index is 364. The summed E-state index contributed by atoms with van der Waals surface area (Å²) < 4.78 is 12.5. The summed E-state index contributed by atoms with van der Waals surface area (Å²) in [6.07, 6.45) is 4.24. The second-order valence-electron chi connectivity index (χ2n) is 3.10. The van der Waals surface area contributed by atoms with E-state index >= 15 is 0 Å². The van der Waals surface area contributed by atoms with E-state index in [0.29, 0.717) is 5.69 Å². The van der Waals surface area contributed by atoms with Gasteiger partial charge in [0.05, 0.1) is 11.9 Å². The number of aromatic nitrogens is 1. The van der Waals surface area contributed by atoms with Crippen molar-refractivity contribution in [1.82, 2.24) is 4.98 Å². The van der Waals surface area contributed by atoms with Crippen LogP contribution < -0.4 is 0 Å². The minimum Gasteiger partial charge on any atom is -0.256 e. The van der Waals surface area contributed by atoms with Crippen molar-refractivity contribution in [1.29, 1.82) is 0 Å². The van der Waals surface area contributed by atoms with E-state index in [1.807, 2.05) is 0 Å². The molecule has 0 amide bonds. The van der Waals surface area contributed by atoms with Crippen LogP contribution >= 0.6 is 0 Å². The summed E-state index contributed by atoms with van der Waals surface area (Å²) in [6.45, 7) is 0. The number of aliphatic imine (C=N–C) groups is 1. The zero-order valence-electron chi connectivity index (χ0n) is 6.83. The first-order chi connectivity index (χ1) is 6.27. The number of nitrogens with zero attached hydrogens (tertiary/aromatic N) is 2. The SMILES string of the molecule is O=C=NC1(c2ccc(F)cn2)CC1. The molecule has 0 N–H and O–H groups in total. The highest BCUT2D eigenvalue weighted by molar-refractivity contribution is 5.39. The number of pyridine rings is 1. The van der Waals surface area contributed by atoms with Gasteiger partial charge in [-0.3, -0.25) is 4.98 Å². The Hall–Kier alpha value is -1.54. The average molecular weight is 178 g/mol. The molecule has 0 radical (unpaired) electrons. The van der Waals surface area contributed by atoms with Crippen molar-refractivity contribution in [3.05, 3.63) is 29.8 Å².